The second kappa shape index (κ2) is 6.76. The summed E-state index contributed by atoms with van der Waals surface area (Å²) < 4.78 is 51.2. The van der Waals surface area contributed by atoms with Gasteiger partial charge in [-0.25, -0.2) is 21.9 Å². The topological polar surface area (TPSA) is 75.3 Å². The van der Waals surface area contributed by atoms with Gasteiger partial charge in [-0.1, -0.05) is 6.07 Å². The van der Waals surface area contributed by atoms with E-state index < -0.39 is 39.4 Å². The normalized spacial score (nSPS) is 13.0. The van der Waals surface area contributed by atoms with Crippen LogP contribution in [0.3, 0.4) is 0 Å². The molecule has 8 heteroatoms. The molecule has 0 aliphatic heterocycles. The molecular formula is C12H16F2N2O3S. The first kappa shape index (κ1) is 16.5. The van der Waals surface area contributed by atoms with Gasteiger partial charge in [-0.2, -0.15) is 0 Å². The minimum absolute atomic E-state index is 0.0656. The van der Waals surface area contributed by atoms with Crippen LogP contribution in [0.2, 0.25) is 0 Å². The second-order valence-corrected chi connectivity index (χ2v) is 6.26. The van der Waals surface area contributed by atoms with Gasteiger partial charge in [0, 0.05) is 11.6 Å². The molecule has 0 radical (unpaired) electrons. The Labute approximate surface area is 116 Å². The van der Waals surface area contributed by atoms with Crippen LogP contribution in [0, 0.1) is 11.6 Å². The smallest absolute Gasteiger partial charge is 0.236 e. The number of halogens is 2. The lowest BCUT2D eigenvalue weighted by atomic mass is 10.1. The molecule has 0 unspecified atom stereocenters. The number of carbonyl (C=O) groups is 1. The van der Waals surface area contributed by atoms with Crippen molar-refractivity contribution in [3.8, 4) is 0 Å². The number of amides is 1. The van der Waals surface area contributed by atoms with E-state index in [9.17, 15) is 22.0 Å². The van der Waals surface area contributed by atoms with E-state index in [1.165, 1.54) is 20.0 Å². The Balaban J connectivity index is 2.64. The van der Waals surface area contributed by atoms with Crippen molar-refractivity contribution in [1.29, 1.82) is 0 Å². The number of carbonyl (C=O) groups excluding carboxylic acids is 1. The van der Waals surface area contributed by atoms with Gasteiger partial charge >= 0.3 is 0 Å². The summed E-state index contributed by atoms with van der Waals surface area (Å²) in [7, 11) is -2.47. The Morgan fingerprint density at radius 2 is 1.85 bits per heavy atom. The summed E-state index contributed by atoms with van der Waals surface area (Å²) >= 11 is 0. The van der Waals surface area contributed by atoms with E-state index in [2.05, 4.69) is 5.32 Å². The fourth-order valence-corrected chi connectivity index (χ4v) is 2.22. The predicted molar refractivity (Wildman–Crippen MR) is 70.5 cm³/mol. The molecule has 0 aliphatic carbocycles. The van der Waals surface area contributed by atoms with E-state index in [1.807, 2.05) is 4.72 Å². The molecule has 1 rings (SSSR count). The molecule has 20 heavy (non-hydrogen) atoms. The van der Waals surface area contributed by atoms with Gasteiger partial charge in [0.25, 0.3) is 0 Å². The number of sulfonamides is 1. The monoisotopic (exact) mass is 306 g/mol. The fourth-order valence-electron chi connectivity index (χ4n) is 1.65. The highest BCUT2D eigenvalue weighted by molar-refractivity contribution is 7.90. The Kier molecular flexibility index (Phi) is 5.58. The lowest BCUT2D eigenvalue weighted by Gasteiger charge is -2.15. The van der Waals surface area contributed by atoms with Gasteiger partial charge in [0.1, 0.15) is 17.4 Å². The highest BCUT2D eigenvalue weighted by Crippen LogP contribution is 2.14. The summed E-state index contributed by atoms with van der Waals surface area (Å²) in [6.07, 6.45) is -0.0656. The van der Waals surface area contributed by atoms with Crippen molar-refractivity contribution >= 4 is 15.9 Å². The molecule has 0 saturated carbocycles. The molecule has 0 bridgehead atoms. The van der Waals surface area contributed by atoms with Crippen molar-refractivity contribution in [2.75, 3.05) is 12.8 Å². The number of hydrogen-bond acceptors (Lipinski definition) is 3. The summed E-state index contributed by atoms with van der Waals surface area (Å²) in [5.41, 5.74) is -0.142. The second-order valence-electron chi connectivity index (χ2n) is 4.34. The maximum absolute atomic E-state index is 13.4. The van der Waals surface area contributed by atoms with Crippen LogP contribution in [-0.2, 0) is 21.2 Å². The first-order chi connectivity index (χ1) is 9.25. The van der Waals surface area contributed by atoms with Gasteiger partial charge < -0.3 is 5.32 Å². The average molecular weight is 306 g/mol. The van der Waals surface area contributed by atoms with Gasteiger partial charge in [0.2, 0.25) is 15.9 Å². The molecule has 0 saturated heterocycles. The van der Waals surface area contributed by atoms with Crippen molar-refractivity contribution in [3.63, 3.8) is 0 Å². The fraction of sp³-hybridized carbons (Fsp3) is 0.417. The maximum atomic E-state index is 13.4. The van der Waals surface area contributed by atoms with Gasteiger partial charge in [-0.15, -0.1) is 0 Å². The van der Waals surface area contributed by atoms with Gasteiger partial charge in [0.15, 0.2) is 0 Å². The molecule has 1 aromatic carbocycles. The Morgan fingerprint density at radius 1 is 1.30 bits per heavy atom. The van der Waals surface area contributed by atoms with Crippen molar-refractivity contribution in [2.45, 2.75) is 19.4 Å². The van der Waals surface area contributed by atoms with Crippen LogP contribution in [0.5, 0.6) is 0 Å². The molecule has 1 amide bonds. The molecule has 0 aromatic heterocycles. The lowest BCUT2D eigenvalue weighted by Crippen LogP contribution is -2.40. The molecule has 2 N–H and O–H groups in total. The zero-order chi connectivity index (χ0) is 15.3. The minimum atomic E-state index is -3.66. The number of nitrogens with one attached hydrogen (secondary N) is 2. The number of rotatable bonds is 6. The Hall–Kier alpha value is -1.54. The average Bonchev–Trinajstić information content (AvgIpc) is 2.33. The Bertz CT molecular complexity index is 570. The van der Waals surface area contributed by atoms with Crippen LogP contribution in [-0.4, -0.2) is 33.2 Å². The maximum Gasteiger partial charge on any atom is 0.236 e. The van der Waals surface area contributed by atoms with Gasteiger partial charge in [-0.3, -0.25) is 4.79 Å². The molecule has 0 heterocycles. The summed E-state index contributed by atoms with van der Waals surface area (Å²) in [5.74, 6) is -2.86. The van der Waals surface area contributed by atoms with Crippen LogP contribution in [0.25, 0.3) is 0 Å². The SMILES string of the molecule is CNS(=O)(=O)CC(=O)N[C@@H](C)Cc1c(F)cccc1F. The third-order valence-electron chi connectivity index (χ3n) is 2.61. The molecule has 0 spiro atoms. The lowest BCUT2D eigenvalue weighted by molar-refractivity contribution is -0.119. The molecule has 112 valence electrons. The standard InChI is InChI=1S/C12H16F2N2O3S/c1-8(16-12(17)7-20(18,19)15-2)6-9-10(13)4-3-5-11(9)14/h3-5,8,15H,6-7H2,1-2H3,(H,16,17)/t8-/m0/s1. The first-order valence-electron chi connectivity index (χ1n) is 5.88. The van der Waals surface area contributed by atoms with Gasteiger partial charge in [-0.05, 0) is 32.5 Å². The third-order valence-corrected chi connectivity index (χ3v) is 3.88. The van der Waals surface area contributed by atoms with Crippen LogP contribution in [0.4, 0.5) is 8.78 Å². The Morgan fingerprint density at radius 3 is 2.35 bits per heavy atom. The summed E-state index contributed by atoms with van der Waals surface area (Å²) in [4.78, 5) is 11.5. The molecule has 1 aromatic rings. The molecule has 0 aliphatic rings. The van der Waals surface area contributed by atoms with Crippen LogP contribution >= 0.6 is 0 Å². The van der Waals surface area contributed by atoms with E-state index in [0.717, 1.165) is 12.1 Å². The molecule has 5 nitrogen and oxygen atoms in total. The summed E-state index contributed by atoms with van der Waals surface area (Å²) in [6.45, 7) is 1.54. The van der Waals surface area contributed by atoms with Crippen LogP contribution < -0.4 is 10.0 Å². The van der Waals surface area contributed by atoms with Gasteiger partial charge in [0.05, 0.1) is 0 Å². The predicted octanol–water partition coefficient (Wildman–Crippen LogP) is 0.561. The van der Waals surface area contributed by atoms with E-state index in [-0.39, 0.29) is 12.0 Å². The largest absolute Gasteiger partial charge is 0.352 e. The number of benzene rings is 1. The van der Waals surface area contributed by atoms with E-state index in [1.54, 1.807) is 0 Å². The summed E-state index contributed by atoms with van der Waals surface area (Å²) in [5, 5.41) is 2.38. The van der Waals surface area contributed by atoms with Crippen molar-refractivity contribution < 1.29 is 22.0 Å². The van der Waals surface area contributed by atoms with Crippen LogP contribution in [0.15, 0.2) is 18.2 Å². The molecule has 0 fully saturated rings. The molecule has 1 atom stereocenters. The zero-order valence-corrected chi connectivity index (χ0v) is 11.9. The number of hydrogen-bond donors (Lipinski definition) is 2. The quantitative estimate of drug-likeness (QED) is 0.806. The van der Waals surface area contributed by atoms with E-state index >= 15 is 0 Å². The zero-order valence-electron chi connectivity index (χ0n) is 11.1. The highest BCUT2D eigenvalue weighted by Gasteiger charge is 2.18. The van der Waals surface area contributed by atoms with Crippen LogP contribution in [0.1, 0.15) is 12.5 Å². The minimum Gasteiger partial charge on any atom is -0.352 e. The van der Waals surface area contributed by atoms with E-state index in [0.29, 0.717) is 0 Å². The summed E-state index contributed by atoms with van der Waals surface area (Å²) in [6, 6.07) is 2.90. The highest BCUT2D eigenvalue weighted by atomic mass is 32.2. The van der Waals surface area contributed by atoms with Crippen molar-refractivity contribution in [1.82, 2.24) is 10.0 Å². The van der Waals surface area contributed by atoms with Crippen molar-refractivity contribution in [2.24, 2.45) is 0 Å². The third kappa shape index (κ3) is 4.86. The van der Waals surface area contributed by atoms with Crippen molar-refractivity contribution in [3.05, 3.63) is 35.4 Å². The molecular weight excluding hydrogens is 290 g/mol. The van der Waals surface area contributed by atoms with E-state index in [4.69, 9.17) is 0 Å². The first-order valence-corrected chi connectivity index (χ1v) is 7.54.